The summed E-state index contributed by atoms with van der Waals surface area (Å²) < 4.78 is 13.6. The Kier molecular flexibility index (Phi) is 5.29. The Morgan fingerprint density at radius 3 is 1.57 bits per heavy atom. The molecule has 0 saturated heterocycles. The van der Waals surface area contributed by atoms with Crippen molar-refractivity contribution in [1.82, 2.24) is 0 Å². The number of halogens is 1. The molecule has 0 N–H and O–H groups in total. The summed E-state index contributed by atoms with van der Waals surface area (Å²) in [7, 11) is 0. The molecule has 0 aromatic rings. The van der Waals surface area contributed by atoms with Crippen LogP contribution in [0, 0.1) is 46.4 Å². The first-order valence-electron chi connectivity index (χ1n) is 5.14. The average Bonchev–Trinajstić information content (AvgIpc) is 2.36. The minimum Gasteiger partial charge on any atom is -0.303 e. The van der Waals surface area contributed by atoms with Crippen LogP contribution in [-0.2, 0) is 4.79 Å². The van der Waals surface area contributed by atoms with Crippen molar-refractivity contribution in [2.24, 2.45) is 5.92 Å². The van der Waals surface area contributed by atoms with Gasteiger partial charge in [0.25, 0.3) is 0 Å². The first-order valence-corrected chi connectivity index (χ1v) is 5.14. The molecule has 1 unspecified atom stereocenters. The fraction of sp³-hybridized carbons (Fsp3) is 0.857. The first kappa shape index (κ1) is 18.2. The predicted octanol–water partition coefficient (Wildman–Crippen LogP) is 0.0280. The lowest BCUT2D eigenvalue weighted by molar-refractivity contribution is -0.833. The summed E-state index contributed by atoms with van der Waals surface area (Å²) in [4.78, 5) is 46.1. The van der Waals surface area contributed by atoms with E-state index in [0.717, 1.165) is 0 Å². The van der Waals surface area contributed by atoms with E-state index in [2.05, 4.69) is 0 Å². The van der Waals surface area contributed by atoms with Gasteiger partial charge >= 0.3 is 11.6 Å². The van der Waals surface area contributed by atoms with Crippen LogP contribution in [0.25, 0.3) is 0 Å². The second kappa shape index (κ2) is 6.10. The van der Waals surface area contributed by atoms with Gasteiger partial charge in [-0.1, -0.05) is 4.39 Å². The SMILES string of the molecule is CC(CC(C=O)CC(F)([N+](=O)[O-])[N+](=O)[O-])([N+](=O)[O-])[N+](=O)[O-]. The van der Waals surface area contributed by atoms with Gasteiger partial charge in [0.2, 0.25) is 0 Å². The van der Waals surface area contributed by atoms with Gasteiger partial charge in [0.15, 0.2) is 0 Å². The van der Waals surface area contributed by atoms with Crippen molar-refractivity contribution in [2.75, 3.05) is 0 Å². The number of rotatable bonds is 9. The lowest BCUT2D eigenvalue weighted by Crippen LogP contribution is -2.48. The summed E-state index contributed by atoms with van der Waals surface area (Å²) in [5.41, 5.74) is -2.93. The van der Waals surface area contributed by atoms with E-state index in [0.29, 0.717) is 6.92 Å². The fourth-order valence-electron chi connectivity index (χ4n) is 1.43. The number of alkyl halides is 1. The van der Waals surface area contributed by atoms with E-state index in [-0.39, 0.29) is 6.29 Å². The molecular weight excluding hydrogens is 303 g/mol. The lowest BCUT2D eigenvalue weighted by atomic mass is 9.93. The van der Waals surface area contributed by atoms with Gasteiger partial charge < -0.3 is 4.79 Å². The largest absolute Gasteiger partial charge is 0.614 e. The van der Waals surface area contributed by atoms with Gasteiger partial charge in [-0.2, -0.15) is 0 Å². The lowest BCUT2D eigenvalue weighted by Gasteiger charge is -2.17. The van der Waals surface area contributed by atoms with Crippen molar-refractivity contribution in [3.8, 4) is 0 Å². The van der Waals surface area contributed by atoms with Crippen LogP contribution in [-0.4, -0.2) is 37.6 Å². The molecule has 0 aromatic heterocycles. The molecule has 0 bridgehead atoms. The van der Waals surface area contributed by atoms with Gasteiger partial charge in [-0.05, 0) is 0 Å². The molecule has 0 aromatic carbocycles. The van der Waals surface area contributed by atoms with Gasteiger partial charge in [0.05, 0.1) is 23.2 Å². The van der Waals surface area contributed by atoms with Crippen LogP contribution in [0.5, 0.6) is 0 Å². The minimum absolute atomic E-state index is 0.230. The second-order valence-electron chi connectivity index (χ2n) is 4.27. The van der Waals surface area contributed by atoms with Crippen molar-refractivity contribution in [1.29, 1.82) is 0 Å². The first-order chi connectivity index (χ1) is 9.41. The van der Waals surface area contributed by atoms with Crippen LogP contribution in [0.15, 0.2) is 0 Å². The van der Waals surface area contributed by atoms with Gasteiger partial charge in [0, 0.05) is 5.92 Å². The van der Waals surface area contributed by atoms with Gasteiger partial charge in [-0.3, -0.25) is 40.5 Å². The topological polar surface area (TPSA) is 190 Å². The van der Waals surface area contributed by atoms with E-state index >= 15 is 0 Å². The summed E-state index contributed by atoms with van der Waals surface area (Å²) >= 11 is 0. The van der Waals surface area contributed by atoms with Crippen LogP contribution in [0.3, 0.4) is 0 Å². The molecule has 0 fully saturated rings. The van der Waals surface area contributed by atoms with Crippen molar-refractivity contribution in [3.05, 3.63) is 40.5 Å². The third-order valence-electron chi connectivity index (χ3n) is 2.71. The van der Waals surface area contributed by atoms with E-state index in [1.54, 1.807) is 0 Å². The second-order valence-corrected chi connectivity index (χ2v) is 4.27. The molecule has 0 aliphatic rings. The number of nitro groups is 4. The number of hydrogen-bond donors (Lipinski definition) is 0. The molecule has 0 spiro atoms. The monoisotopic (exact) mass is 312 g/mol. The Labute approximate surface area is 114 Å². The normalized spacial score (nSPS) is 13.2. The summed E-state index contributed by atoms with van der Waals surface area (Å²) in [6.07, 6.45) is -3.12. The highest BCUT2D eigenvalue weighted by Gasteiger charge is 2.62. The number of nitrogens with zero attached hydrogens (tertiary/aromatic N) is 4. The molecule has 118 valence electrons. The smallest absolute Gasteiger partial charge is 0.303 e. The van der Waals surface area contributed by atoms with Crippen LogP contribution >= 0.6 is 0 Å². The van der Waals surface area contributed by atoms with Crippen molar-refractivity contribution >= 4 is 6.29 Å². The Hall–Kier alpha value is -2.80. The summed E-state index contributed by atoms with van der Waals surface area (Å²) in [6.45, 7) is 0.502. The zero-order valence-electron chi connectivity index (χ0n) is 10.4. The maximum Gasteiger partial charge on any atom is 0.614 e. The highest BCUT2D eigenvalue weighted by molar-refractivity contribution is 5.53. The number of hydrogen-bond acceptors (Lipinski definition) is 9. The average molecular weight is 312 g/mol. The number of carbonyl (C=O) groups is 1. The van der Waals surface area contributed by atoms with Crippen molar-refractivity contribution < 1.29 is 28.9 Å². The maximum atomic E-state index is 13.6. The third kappa shape index (κ3) is 3.61. The number of carbonyl (C=O) groups excluding carboxylic acids is 1. The standard InChI is InChI=1S/C7H9FN4O9/c1-6(9(14)15,10(16)17)2-5(4-13)3-7(8,11(18)19)12(20)21/h4-5H,2-3H2,1H3. The highest BCUT2D eigenvalue weighted by atomic mass is 19.2. The van der Waals surface area contributed by atoms with Crippen LogP contribution in [0.1, 0.15) is 19.8 Å². The third-order valence-corrected chi connectivity index (χ3v) is 2.71. The van der Waals surface area contributed by atoms with Gasteiger partial charge in [0.1, 0.15) is 22.6 Å². The van der Waals surface area contributed by atoms with Crippen LogP contribution in [0.2, 0.25) is 0 Å². The summed E-state index contributed by atoms with van der Waals surface area (Å²) in [6, 6.07) is 0. The maximum absolute atomic E-state index is 13.6. The molecule has 0 rings (SSSR count). The molecule has 21 heavy (non-hydrogen) atoms. The van der Waals surface area contributed by atoms with E-state index < -0.39 is 50.0 Å². The van der Waals surface area contributed by atoms with E-state index in [9.17, 15) is 49.6 Å². The van der Waals surface area contributed by atoms with E-state index in [4.69, 9.17) is 0 Å². The van der Waals surface area contributed by atoms with Gasteiger partial charge in [-0.15, -0.1) is 0 Å². The van der Waals surface area contributed by atoms with Crippen LogP contribution < -0.4 is 0 Å². The molecule has 0 aliphatic heterocycles. The minimum atomic E-state index is -4.26. The summed E-state index contributed by atoms with van der Waals surface area (Å²) in [5, 5.41) is 42.0. The van der Waals surface area contributed by atoms with E-state index in [1.165, 1.54) is 0 Å². The highest BCUT2D eigenvalue weighted by Crippen LogP contribution is 2.29. The molecule has 0 heterocycles. The zero-order valence-corrected chi connectivity index (χ0v) is 10.4. The molecule has 1 atom stereocenters. The Morgan fingerprint density at radius 1 is 0.952 bits per heavy atom. The fourth-order valence-corrected chi connectivity index (χ4v) is 1.43. The van der Waals surface area contributed by atoms with Crippen molar-refractivity contribution in [3.63, 3.8) is 0 Å². The Balaban J connectivity index is 5.42. The van der Waals surface area contributed by atoms with E-state index in [1.807, 2.05) is 0 Å². The molecular formula is C7H9FN4O9. The quantitative estimate of drug-likeness (QED) is 0.186. The molecule has 0 saturated carbocycles. The molecule has 13 nitrogen and oxygen atoms in total. The summed E-state index contributed by atoms with van der Waals surface area (Å²) in [5.74, 6) is -6.23. The molecule has 0 amide bonds. The Bertz CT molecular complexity index is 426. The zero-order chi connectivity index (χ0) is 17.0. The van der Waals surface area contributed by atoms with Gasteiger partial charge in [-0.25, -0.2) is 0 Å². The van der Waals surface area contributed by atoms with Crippen molar-refractivity contribution in [2.45, 2.75) is 31.3 Å². The Morgan fingerprint density at radius 2 is 1.33 bits per heavy atom. The molecule has 14 heteroatoms. The van der Waals surface area contributed by atoms with Crippen LogP contribution in [0.4, 0.5) is 4.39 Å². The number of aldehydes is 1. The predicted molar refractivity (Wildman–Crippen MR) is 59.0 cm³/mol. The molecule has 0 radical (unpaired) electrons. The molecule has 0 aliphatic carbocycles.